The molecule has 222 valence electrons. The summed E-state index contributed by atoms with van der Waals surface area (Å²) < 4.78 is 11.0. The molecule has 40 heavy (non-hydrogen) atoms. The van der Waals surface area contributed by atoms with Gasteiger partial charge < -0.3 is 24.2 Å². The molecule has 0 spiro atoms. The van der Waals surface area contributed by atoms with E-state index < -0.39 is 5.60 Å². The van der Waals surface area contributed by atoms with Crippen LogP contribution in [0, 0.1) is 27.9 Å². The number of nitro benzene ring substituents is 1. The Hall–Kier alpha value is -2.55. The Kier molecular flexibility index (Phi) is 8.78. The number of methoxy groups -OCH3 is 1. The molecule has 5 rings (SSSR count). The molecule has 4 fully saturated rings. The molecule has 0 aromatic heterocycles. The molecule has 0 bridgehead atoms. The molecule has 1 aliphatic carbocycles. The van der Waals surface area contributed by atoms with Crippen LogP contribution in [-0.4, -0.2) is 79.3 Å². The predicted octanol–water partition coefficient (Wildman–Crippen LogP) is 6.06. The topological polar surface area (TPSA) is 88.4 Å². The van der Waals surface area contributed by atoms with Crippen molar-refractivity contribution in [2.45, 2.75) is 83.7 Å². The van der Waals surface area contributed by atoms with Gasteiger partial charge in [-0.25, -0.2) is 4.79 Å². The van der Waals surface area contributed by atoms with Gasteiger partial charge in [-0.2, -0.15) is 0 Å². The first-order valence-corrected chi connectivity index (χ1v) is 15.4. The van der Waals surface area contributed by atoms with Gasteiger partial charge in [-0.05, 0) is 114 Å². The van der Waals surface area contributed by atoms with Gasteiger partial charge in [-0.15, -0.1) is 0 Å². The van der Waals surface area contributed by atoms with Gasteiger partial charge in [-0.1, -0.05) is 0 Å². The summed E-state index contributed by atoms with van der Waals surface area (Å²) >= 11 is 0. The van der Waals surface area contributed by atoms with E-state index in [2.05, 4.69) is 9.80 Å². The van der Waals surface area contributed by atoms with E-state index in [0.29, 0.717) is 17.6 Å². The van der Waals surface area contributed by atoms with Crippen molar-refractivity contribution in [3.05, 3.63) is 27.8 Å². The van der Waals surface area contributed by atoms with Crippen molar-refractivity contribution in [2.75, 3.05) is 57.8 Å². The normalized spacial score (nSPS) is 22.4. The molecular formula is C31H48N4O5. The number of likely N-dealkylation sites (tertiary alicyclic amines) is 2. The van der Waals surface area contributed by atoms with Crippen LogP contribution in [0.3, 0.4) is 0 Å². The molecule has 0 N–H and O–H groups in total. The maximum atomic E-state index is 12.4. The fraction of sp³-hybridized carbons (Fsp3) is 0.774. The van der Waals surface area contributed by atoms with Crippen molar-refractivity contribution in [3.63, 3.8) is 0 Å². The molecule has 3 saturated heterocycles. The van der Waals surface area contributed by atoms with Gasteiger partial charge in [0, 0.05) is 50.5 Å². The first kappa shape index (κ1) is 29.0. The quantitative estimate of drug-likeness (QED) is 0.298. The van der Waals surface area contributed by atoms with Crippen LogP contribution in [0.2, 0.25) is 0 Å². The number of hydrogen-bond acceptors (Lipinski definition) is 7. The van der Waals surface area contributed by atoms with Crippen LogP contribution >= 0.6 is 0 Å². The number of carbonyl (C=O) groups excluding carboxylic acids is 1. The first-order chi connectivity index (χ1) is 19.1. The fourth-order valence-corrected chi connectivity index (χ4v) is 7.08. The van der Waals surface area contributed by atoms with Gasteiger partial charge in [-0.3, -0.25) is 10.1 Å². The number of carbonyl (C=O) groups is 1. The number of benzene rings is 1. The van der Waals surface area contributed by atoms with Crippen LogP contribution in [0.15, 0.2) is 12.1 Å². The second-order valence-electron chi connectivity index (χ2n) is 13.5. The summed E-state index contributed by atoms with van der Waals surface area (Å²) in [5, 5.41) is 11.6. The van der Waals surface area contributed by atoms with Crippen molar-refractivity contribution < 1.29 is 19.2 Å². The number of piperidine rings is 3. The maximum Gasteiger partial charge on any atom is 0.410 e. The lowest BCUT2D eigenvalue weighted by molar-refractivity contribution is -0.385. The summed E-state index contributed by atoms with van der Waals surface area (Å²) in [5.74, 6) is 3.04. The number of ether oxygens (including phenoxy) is 2. The molecular weight excluding hydrogens is 508 g/mol. The minimum absolute atomic E-state index is 0.0865. The SMILES string of the molecule is COc1cc(N2CCC(C3CCN(CC4CCN(C(=O)OC(C)(C)C)CC4)CC3)CC2)c(C2CC2)cc1[N+](=O)[O-]. The Balaban J connectivity index is 1.07. The predicted molar refractivity (Wildman–Crippen MR) is 156 cm³/mol. The Morgan fingerprint density at radius 3 is 2.05 bits per heavy atom. The summed E-state index contributed by atoms with van der Waals surface area (Å²) in [5.41, 5.74) is 1.93. The molecule has 0 unspecified atom stereocenters. The molecule has 1 aromatic rings. The Morgan fingerprint density at radius 2 is 1.52 bits per heavy atom. The van der Waals surface area contributed by atoms with Crippen LogP contribution in [0.1, 0.15) is 83.6 Å². The second-order valence-corrected chi connectivity index (χ2v) is 13.5. The molecule has 0 radical (unpaired) electrons. The van der Waals surface area contributed by atoms with Gasteiger partial charge in [0.25, 0.3) is 0 Å². The summed E-state index contributed by atoms with van der Waals surface area (Å²) in [6.45, 7) is 12.9. The van der Waals surface area contributed by atoms with Crippen LogP contribution < -0.4 is 9.64 Å². The number of nitrogens with zero attached hydrogens (tertiary/aromatic N) is 4. The molecule has 1 aromatic carbocycles. The van der Waals surface area contributed by atoms with Crippen LogP contribution in [0.4, 0.5) is 16.2 Å². The van der Waals surface area contributed by atoms with Crippen LogP contribution in [0.5, 0.6) is 5.75 Å². The maximum absolute atomic E-state index is 12.4. The number of rotatable bonds is 7. The van der Waals surface area contributed by atoms with Crippen molar-refractivity contribution in [1.82, 2.24) is 9.80 Å². The molecule has 1 saturated carbocycles. The summed E-state index contributed by atoms with van der Waals surface area (Å²) in [6.07, 6.45) is 9.13. The summed E-state index contributed by atoms with van der Waals surface area (Å²) in [6, 6.07) is 3.69. The van der Waals surface area contributed by atoms with Gasteiger partial charge in [0.05, 0.1) is 12.0 Å². The van der Waals surface area contributed by atoms with Crippen LogP contribution in [-0.2, 0) is 4.74 Å². The number of hydrogen-bond donors (Lipinski definition) is 0. The van der Waals surface area contributed by atoms with Gasteiger partial charge in [0.15, 0.2) is 5.75 Å². The highest BCUT2D eigenvalue weighted by Crippen LogP contribution is 2.49. The van der Waals surface area contributed by atoms with Gasteiger partial charge >= 0.3 is 11.8 Å². The van der Waals surface area contributed by atoms with Crippen molar-refractivity contribution in [1.29, 1.82) is 0 Å². The van der Waals surface area contributed by atoms with E-state index in [1.165, 1.54) is 45.9 Å². The minimum atomic E-state index is -0.438. The average Bonchev–Trinajstić information content (AvgIpc) is 3.78. The Morgan fingerprint density at radius 1 is 0.925 bits per heavy atom. The lowest BCUT2D eigenvalue weighted by atomic mass is 9.78. The number of nitro groups is 1. The van der Waals surface area contributed by atoms with Gasteiger partial charge in [0.1, 0.15) is 5.60 Å². The fourth-order valence-electron chi connectivity index (χ4n) is 7.08. The molecule has 4 aliphatic rings. The van der Waals surface area contributed by atoms with Crippen LogP contribution in [0.25, 0.3) is 0 Å². The van der Waals surface area contributed by atoms with E-state index in [9.17, 15) is 14.9 Å². The highest BCUT2D eigenvalue weighted by Gasteiger charge is 2.35. The first-order valence-electron chi connectivity index (χ1n) is 15.4. The zero-order valence-electron chi connectivity index (χ0n) is 24.9. The molecule has 9 nitrogen and oxygen atoms in total. The van der Waals surface area contributed by atoms with E-state index in [1.54, 1.807) is 6.07 Å². The van der Waals surface area contributed by atoms with E-state index in [1.807, 2.05) is 31.7 Å². The standard InChI is InChI=1S/C31H48N4O5/c1-31(2,3)40-30(36)34-15-7-22(8-16-34)21-32-13-9-23(10-14-32)24-11-17-33(18-12-24)27-20-29(39-4)28(35(37)38)19-26(27)25-5-6-25/h19-20,22-25H,5-18,21H2,1-4H3. The zero-order valence-corrected chi connectivity index (χ0v) is 24.9. The largest absolute Gasteiger partial charge is 0.490 e. The molecule has 1 amide bonds. The van der Waals surface area contributed by atoms with E-state index in [0.717, 1.165) is 81.5 Å². The Bertz CT molecular complexity index is 1040. The highest BCUT2D eigenvalue weighted by molar-refractivity contribution is 5.68. The lowest BCUT2D eigenvalue weighted by Crippen LogP contribution is -2.45. The van der Waals surface area contributed by atoms with Crippen molar-refractivity contribution in [3.8, 4) is 5.75 Å². The average molecular weight is 557 g/mol. The summed E-state index contributed by atoms with van der Waals surface area (Å²) in [4.78, 5) is 30.6. The third kappa shape index (κ3) is 7.01. The van der Waals surface area contributed by atoms with Crippen molar-refractivity contribution >= 4 is 17.5 Å². The third-order valence-corrected chi connectivity index (χ3v) is 9.50. The minimum Gasteiger partial charge on any atom is -0.490 e. The molecule has 3 heterocycles. The zero-order chi connectivity index (χ0) is 28.4. The van der Waals surface area contributed by atoms with Gasteiger partial charge in [0.2, 0.25) is 0 Å². The summed E-state index contributed by atoms with van der Waals surface area (Å²) in [7, 11) is 1.52. The second kappa shape index (κ2) is 12.1. The van der Waals surface area contributed by atoms with Crippen molar-refractivity contribution in [2.24, 2.45) is 17.8 Å². The highest BCUT2D eigenvalue weighted by atomic mass is 16.6. The smallest absolute Gasteiger partial charge is 0.410 e. The van der Waals surface area contributed by atoms with E-state index in [-0.39, 0.29) is 16.7 Å². The third-order valence-electron chi connectivity index (χ3n) is 9.50. The molecule has 0 atom stereocenters. The molecule has 3 aliphatic heterocycles. The Labute approximate surface area is 239 Å². The lowest BCUT2D eigenvalue weighted by Gasteiger charge is -2.42. The number of anilines is 1. The number of amides is 1. The van der Waals surface area contributed by atoms with E-state index >= 15 is 0 Å². The van der Waals surface area contributed by atoms with E-state index in [4.69, 9.17) is 9.47 Å². The molecule has 9 heteroatoms. The monoisotopic (exact) mass is 556 g/mol.